The van der Waals surface area contributed by atoms with Gasteiger partial charge in [0.2, 0.25) is 0 Å². The van der Waals surface area contributed by atoms with Crippen LogP contribution in [0, 0.1) is 11.7 Å². The van der Waals surface area contributed by atoms with Crippen molar-refractivity contribution in [3.63, 3.8) is 0 Å². The third kappa shape index (κ3) is 5.78. The molecule has 3 rings (SSSR count). The first-order valence-electron chi connectivity index (χ1n) is 10.7. The van der Waals surface area contributed by atoms with Crippen molar-refractivity contribution in [3.05, 3.63) is 71.6 Å². The van der Waals surface area contributed by atoms with Gasteiger partial charge in [0, 0.05) is 30.9 Å². The van der Waals surface area contributed by atoms with Gasteiger partial charge >= 0.3 is 6.09 Å². The molecule has 1 amide bonds. The van der Waals surface area contributed by atoms with Gasteiger partial charge in [-0.1, -0.05) is 32.9 Å². The molecule has 0 aliphatic heterocycles. The molecule has 9 heteroatoms. The molecule has 0 bridgehead atoms. The van der Waals surface area contributed by atoms with E-state index in [-0.39, 0.29) is 4.90 Å². The van der Waals surface area contributed by atoms with E-state index >= 15 is 0 Å². The number of aromatic nitrogens is 2. The molecule has 0 radical (unpaired) electrons. The summed E-state index contributed by atoms with van der Waals surface area (Å²) in [5, 5.41) is 0. The third-order valence-corrected chi connectivity index (χ3v) is 6.57. The molecule has 1 N–H and O–H groups in total. The number of ether oxygens (including phenoxy) is 1. The van der Waals surface area contributed by atoms with E-state index in [2.05, 4.69) is 23.6 Å². The minimum absolute atomic E-state index is 0.126. The molecular weight excluding hydrogens is 445 g/mol. The quantitative estimate of drug-likeness (QED) is 0.519. The number of carbonyl (C=O) groups excluding carboxylic acids is 1. The molecule has 2 aromatic carbocycles. The van der Waals surface area contributed by atoms with Crippen LogP contribution in [0.2, 0.25) is 0 Å². The lowest BCUT2D eigenvalue weighted by Crippen LogP contribution is -2.31. The van der Waals surface area contributed by atoms with Crippen LogP contribution >= 0.6 is 0 Å². The number of methoxy groups -OCH3 is 1. The molecular formula is C24H28FN3O4S. The number of benzene rings is 2. The topological polar surface area (TPSA) is 90.3 Å². The van der Waals surface area contributed by atoms with E-state index in [4.69, 9.17) is 0 Å². The molecule has 3 aromatic rings. The van der Waals surface area contributed by atoms with Gasteiger partial charge in [0.15, 0.2) is 0 Å². The standard InChI is InChI=1S/C24H28FN3O4S/c1-5-23-26-9-10-28(23)15-19-14-22(33(30,31)27-24(29)32-4)21(13-18(19)11-16(2)3)17-7-6-8-20(25)12-17/h6-10,12-14,16H,5,11,15H2,1-4H3,(H,27,29). The van der Waals surface area contributed by atoms with Gasteiger partial charge in [-0.25, -0.2) is 27.3 Å². The zero-order chi connectivity index (χ0) is 24.2. The van der Waals surface area contributed by atoms with Crippen molar-refractivity contribution in [3.8, 4) is 11.1 Å². The largest absolute Gasteiger partial charge is 0.452 e. The summed E-state index contributed by atoms with van der Waals surface area (Å²) < 4.78 is 48.7. The minimum atomic E-state index is -4.30. The van der Waals surface area contributed by atoms with Gasteiger partial charge in [0.1, 0.15) is 11.6 Å². The average molecular weight is 474 g/mol. The fraction of sp³-hybridized carbons (Fsp3) is 0.333. The Morgan fingerprint density at radius 2 is 1.97 bits per heavy atom. The molecule has 0 saturated carbocycles. The second kappa shape index (κ2) is 10.2. The van der Waals surface area contributed by atoms with Gasteiger partial charge in [-0.3, -0.25) is 0 Å². The minimum Gasteiger partial charge on any atom is -0.452 e. The van der Waals surface area contributed by atoms with Crippen LogP contribution in [0.1, 0.15) is 37.7 Å². The van der Waals surface area contributed by atoms with Gasteiger partial charge in [-0.15, -0.1) is 0 Å². The summed E-state index contributed by atoms with van der Waals surface area (Å²) in [6.45, 7) is 6.56. The van der Waals surface area contributed by atoms with E-state index in [1.807, 2.05) is 22.4 Å². The molecule has 176 valence electrons. The molecule has 0 aliphatic carbocycles. The van der Waals surface area contributed by atoms with Gasteiger partial charge in [-0.2, -0.15) is 0 Å². The Balaban J connectivity index is 2.26. The van der Waals surface area contributed by atoms with Crippen molar-refractivity contribution in [1.29, 1.82) is 0 Å². The number of carbonyl (C=O) groups is 1. The highest BCUT2D eigenvalue weighted by molar-refractivity contribution is 7.90. The lowest BCUT2D eigenvalue weighted by molar-refractivity contribution is 0.177. The SMILES string of the molecule is CCc1nccn1Cc1cc(S(=O)(=O)NC(=O)OC)c(-c2cccc(F)c2)cc1CC(C)C. The molecule has 0 spiro atoms. The number of hydrogen-bond acceptors (Lipinski definition) is 5. The third-order valence-electron chi connectivity index (χ3n) is 5.22. The fourth-order valence-electron chi connectivity index (χ4n) is 3.74. The van der Waals surface area contributed by atoms with Crippen LogP contribution in [0.5, 0.6) is 0 Å². The second-order valence-corrected chi connectivity index (χ2v) is 9.80. The molecule has 0 unspecified atom stereocenters. The van der Waals surface area contributed by atoms with Gasteiger partial charge in [0.25, 0.3) is 10.0 Å². The van der Waals surface area contributed by atoms with E-state index in [0.29, 0.717) is 30.0 Å². The predicted octanol–water partition coefficient (Wildman–Crippen LogP) is 4.54. The number of nitrogens with one attached hydrogen (secondary N) is 1. The van der Waals surface area contributed by atoms with Gasteiger partial charge in [-0.05, 0) is 53.3 Å². The summed E-state index contributed by atoms with van der Waals surface area (Å²) in [6.07, 6.45) is 3.87. The monoisotopic (exact) mass is 473 g/mol. The van der Waals surface area contributed by atoms with Crippen molar-refractivity contribution in [2.75, 3.05) is 7.11 Å². The van der Waals surface area contributed by atoms with E-state index in [0.717, 1.165) is 30.5 Å². The Morgan fingerprint density at radius 1 is 1.21 bits per heavy atom. The van der Waals surface area contributed by atoms with Crippen molar-refractivity contribution in [1.82, 2.24) is 14.3 Å². The van der Waals surface area contributed by atoms with Crippen LogP contribution in [0.15, 0.2) is 53.7 Å². The van der Waals surface area contributed by atoms with Crippen LogP contribution < -0.4 is 4.72 Å². The molecule has 0 atom stereocenters. The summed E-state index contributed by atoms with van der Waals surface area (Å²) in [6, 6.07) is 9.06. The van der Waals surface area contributed by atoms with E-state index in [1.165, 1.54) is 18.2 Å². The maximum atomic E-state index is 14.0. The summed E-state index contributed by atoms with van der Waals surface area (Å²) in [4.78, 5) is 16.0. The van der Waals surface area contributed by atoms with Crippen LogP contribution in [0.3, 0.4) is 0 Å². The first kappa shape index (κ1) is 24.4. The smallest absolute Gasteiger partial charge is 0.420 e. The molecule has 0 aliphatic rings. The first-order valence-corrected chi connectivity index (χ1v) is 12.2. The Bertz CT molecular complexity index is 1250. The molecule has 0 saturated heterocycles. The zero-order valence-corrected chi connectivity index (χ0v) is 19.9. The van der Waals surface area contributed by atoms with E-state index < -0.39 is 21.9 Å². The average Bonchev–Trinajstić information content (AvgIpc) is 3.21. The highest BCUT2D eigenvalue weighted by atomic mass is 32.2. The van der Waals surface area contributed by atoms with Gasteiger partial charge < -0.3 is 9.30 Å². The van der Waals surface area contributed by atoms with Crippen LogP contribution in [-0.2, 0) is 34.1 Å². The molecule has 33 heavy (non-hydrogen) atoms. The number of halogens is 1. The Kier molecular flexibility index (Phi) is 7.53. The summed E-state index contributed by atoms with van der Waals surface area (Å²) in [5.41, 5.74) is 2.43. The molecule has 1 aromatic heterocycles. The Labute approximate surface area is 193 Å². The molecule has 0 fully saturated rings. The number of imidazole rings is 1. The maximum absolute atomic E-state index is 14.0. The maximum Gasteiger partial charge on any atom is 0.420 e. The summed E-state index contributed by atoms with van der Waals surface area (Å²) >= 11 is 0. The van der Waals surface area contributed by atoms with Crippen molar-refractivity contribution in [2.24, 2.45) is 5.92 Å². The van der Waals surface area contributed by atoms with Crippen LogP contribution in [0.4, 0.5) is 9.18 Å². The lowest BCUT2D eigenvalue weighted by atomic mass is 9.93. The Hall–Kier alpha value is -3.20. The highest BCUT2D eigenvalue weighted by Crippen LogP contribution is 2.32. The van der Waals surface area contributed by atoms with Crippen molar-refractivity contribution >= 4 is 16.1 Å². The normalized spacial score (nSPS) is 11.6. The van der Waals surface area contributed by atoms with Crippen LogP contribution in [0.25, 0.3) is 11.1 Å². The van der Waals surface area contributed by atoms with E-state index in [9.17, 15) is 17.6 Å². The number of nitrogens with zero attached hydrogens (tertiary/aromatic N) is 2. The number of sulfonamides is 1. The number of rotatable bonds is 8. The summed E-state index contributed by atoms with van der Waals surface area (Å²) in [7, 11) is -3.21. The molecule has 1 heterocycles. The van der Waals surface area contributed by atoms with Crippen LogP contribution in [-0.4, -0.2) is 31.2 Å². The van der Waals surface area contributed by atoms with Crippen molar-refractivity contribution in [2.45, 2.75) is 45.1 Å². The van der Waals surface area contributed by atoms with Crippen molar-refractivity contribution < 1.29 is 22.3 Å². The molecule has 7 nitrogen and oxygen atoms in total. The fourth-order valence-corrected chi connectivity index (χ4v) is 4.91. The number of hydrogen-bond donors (Lipinski definition) is 1. The van der Waals surface area contributed by atoms with E-state index in [1.54, 1.807) is 24.4 Å². The highest BCUT2D eigenvalue weighted by Gasteiger charge is 2.25. The lowest BCUT2D eigenvalue weighted by Gasteiger charge is -2.19. The number of amides is 1. The number of aryl methyl sites for hydroxylation is 1. The second-order valence-electron chi connectivity index (χ2n) is 8.15. The first-order chi connectivity index (χ1) is 15.6. The van der Waals surface area contributed by atoms with Gasteiger partial charge in [0.05, 0.1) is 12.0 Å². The Morgan fingerprint density at radius 3 is 2.61 bits per heavy atom. The zero-order valence-electron chi connectivity index (χ0n) is 19.1. The predicted molar refractivity (Wildman–Crippen MR) is 124 cm³/mol. The summed E-state index contributed by atoms with van der Waals surface area (Å²) in [5.74, 6) is 0.683.